The highest BCUT2D eigenvalue weighted by atomic mass is 19.1. The molecule has 0 aliphatic heterocycles. The van der Waals surface area contributed by atoms with Crippen LogP contribution in [-0.4, -0.2) is 23.2 Å². The lowest BCUT2D eigenvalue weighted by molar-refractivity contribution is -0.139. The second-order valence-electron chi connectivity index (χ2n) is 5.31. The molecule has 3 nitrogen and oxygen atoms in total. The van der Waals surface area contributed by atoms with Gasteiger partial charge in [0.1, 0.15) is 17.7 Å². The fraction of sp³-hybridized carbons (Fsp3) is 0.533. The van der Waals surface area contributed by atoms with Crippen LogP contribution in [-0.2, 0) is 17.6 Å². The van der Waals surface area contributed by atoms with Crippen molar-refractivity contribution >= 4 is 5.97 Å². The summed E-state index contributed by atoms with van der Waals surface area (Å²) in [6.45, 7) is 1.93. The van der Waals surface area contributed by atoms with Crippen molar-refractivity contribution in [2.24, 2.45) is 0 Å². The van der Waals surface area contributed by atoms with E-state index < -0.39 is 23.6 Å². The van der Waals surface area contributed by atoms with Crippen LogP contribution >= 0.6 is 0 Å². The molecule has 0 saturated carbocycles. The van der Waals surface area contributed by atoms with E-state index in [0.29, 0.717) is 36.8 Å². The van der Waals surface area contributed by atoms with Crippen molar-refractivity contribution in [3.63, 3.8) is 0 Å². The first-order valence-electron chi connectivity index (χ1n) is 6.97. The summed E-state index contributed by atoms with van der Waals surface area (Å²) in [5.41, 5.74) is 1.21. The Kier molecular flexibility index (Phi) is 4.70. The fourth-order valence-corrected chi connectivity index (χ4v) is 2.78. The Labute approximate surface area is 117 Å². The van der Waals surface area contributed by atoms with Crippen molar-refractivity contribution < 1.29 is 18.7 Å². The molecule has 20 heavy (non-hydrogen) atoms. The Hall–Kier alpha value is -1.49. The van der Waals surface area contributed by atoms with Crippen molar-refractivity contribution in [1.82, 2.24) is 5.32 Å². The van der Waals surface area contributed by atoms with E-state index in [4.69, 9.17) is 5.11 Å². The van der Waals surface area contributed by atoms with Gasteiger partial charge in [0.05, 0.1) is 0 Å². The van der Waals surface area contributed by atoms with E-state index in [1.807, 2.05) is 6.92 Å². The summed E-state index contributed by atoms with van der Waals surface area (Å²) in [4.78, 5) is 11.1. The number of halogens is 2. The van der Waals surface area contributed by atoms with Gasteiger partial charge in [-0.05, 0) is 42.9 Å². The van der Waals surface area contributed by atoms with Crippen molar-refractivity contribution in [1.29, 1.82) is 0 Å². The van der Waals surface area contributed by atoms with Gasteiger partial charge in [0, 0.05) is 12.1 Å². The van der Waals surface area contributed by atoms with E-state index >= 15 is 0 Å². The molecule has 0 spiro atoms. The summed E-state index contributed by atoms with van der Waals surface area (Å²) in [7, 11) is 0. The normalized spacial score (nSPS) is 19.4. The molecule has 2 rings (SSSR count). The maximum absolute atomic E-state index is 13.8. The molecular weight excluding hydrogens is 264 g/mol. The molecular formula is C15H19F2NO2. The number of aliphatic carboxylic acids is 1. The fourth-order valence-electron chi connectivity index (χ4n) is 2.78. The van der Waals surface area contributed by atoms with E-state index in [2.05, 4.69) is 5.32 Å². The van der Waals surface area contributed by atoms with Crippen molar-refractivity contribution in [3.05, 3.63) is 34.9 Å². The summed E-state index contributed by atoms with van der Waals surface area (Å²) >= 11 is 0. The van der Waals surface area contributed by atoms with Crippen LogP contribution in [0.15, 0.2) is 12.1 Å². The predicted molar refractivity (Wildman–Crippen MR) is 71.6 cm³/mol. The van der Waals surface area contributed by atoms with Crippen LogP contribution in [0.2, 0.25) is 0 Å². The van der Waals surface area contributed by atoms with E-state index in [-0.39, 0.29) is 6.04 Å². The summed E-state index contributed by atoms with van der Waals surface area (Å²) in [6, 6.07) is 1.59. The minimum Gasteiger partial charge on any atom is -0.480 e. The molecule has 110 valence electrons. The molecule has 2 atom stereocenters. The number of rotatable bonds is 5. The van der Waals surface area contributed by atoms with Crippen LogP contribution in [0.25, 0.3) is 0 Å². The van der Waals surface area contributed by atoms with E-state index in [1.165, 1.54) is 6.07 Å². The Bertz CT molecular complexity index is 505. The Morgan fingerprint density at radius 3 is 2.90 bits per heavy atom. The second-order valence-corrected chi connectivity index (χ2v) is 5.31. The van der Waals surface area contributed by atoms with Crippen LogP contribution in [0.4, 0.5) is 8.78 Å². The highest BCUT2D eigenvalue weighted by Gasteiger charge is 2.26. The number of aryl methyl sites for hydroxylation is 1. The van der Waals surface area contributed by atoms with Gasteiger partial charge in [-0.3, -0.25) is 4.79 Å². The monoisotopic (exact) mass is 283 g/mol. The lowest BCUT2D eigenvalue weighted by Gasteiger charge is -2.28. The molecule has 1 aromatic rings. The third-order valence-corrected chi connectivity index (χ3v) is 3.78. The van der Waals surface area contributed by atoms with Gasteiger partial charge in [-0.1, -0.05) is 13.3 Å². The lowest BCUT2D eigenvalue weighted by Crippen LogP contribution is -2.45. The topological polar surface area (TPSA) is 49.3 Å². The van der Waals surface area contributed by atoms with Gasteiger partial charge >= 0.3 is 5.97 Å². The third-order valence-electron chi connectivity index (χ3n) is 3.78. The zero-order valence-electron chi connectivity index (χ0n) is 11.5. The zero-order chi connectivity index (χ0) is 14.7. The second kappa shape index (κ2) is 6.31. The van der Waals surface area contributed by atoms with Gasteiger partial charge in [-0.25, -0.2) is 8.78 Å². The first kappa shape index (κ1) is 14.9. The standard InChI is InChI=1S/C15H19F2NO2/c1-2-3-14(15(19)20)18-11-5-4-9-6-10(16)7-13(17)12(9)8-11/h6-7,11,14,18H,2-5,8H2,1H3,(H,19,20)/t11-,14+/m1/s1. The van der Waals surface area contributed by atoms with Crippen molar-refractivity contribution in [2.75, 3.05) is 0 Å². The molecule has 0 heterocycles. The third kappa shape index (κ3) is 3.33. The SMILES string of the molecule is CCC[C@H](N[C@@H]1CCc2cc(F)cc(F)c2C1)C(=O)O. The highest BCUT2D eigenvalue weighted by molar-refractivity contribution is 5.73. The van der Waals surface area contributed by atoms with E-state index in [1.54, 1.807) is 0 Å². The summed E-state index contributed by atoms with van der Waals surface area (Å²) in [6.07, 6.45) is 3.00. The first-order chi connectivity index (χ1) is 9.51. The van der Waals surface area contributed by atoms with Gasteiger partial charge in [-0.2, -0.15) is 0 Å². The van der Waals surface area contributed by atoms with Crippen LogP contribution in [0.5, 0.6) is 0 Å². The van der Waals surface area contributed by atoms with E-state index in [9.17, 15) is 13.6 Å². The molecule has 0 saturated heterocycles. The molecule has 0 aromatic heterocycles. The summed E-state index contributed by atoms with van der Waals surface area (Å²) < 4.78 is 26.9. The van der Waals surface area contributed by atoms with E-state index in [0.717, 1.165) is 12.5 Å². The van der Waals surface area contributed by atoms with Gasteiger partial charge in [0.2, 0.25) is 0 Å². The average molecular weight is 283 g/mol. The Balaban J connectivity index is 2.09. The predicted octanol–water partition coefficient (Wildman–Crippen LogP) is 2.67. The number of carboxylic acids is 1. The van der Waals surface area contributed by atoms with Crippen LogP contribution in [0, 0.1) is 11.6 Å². The lowest BCUT2D eigenvalue weighted by atomic mass is 9.87. The van der Waals surface area contributed by atoms with Gasteiger partial charge in [0.25, 0.3) is 0 Å². The molecule has 1 aliphatic carbocycles. The molecule has 0 fully saturated rings. The smallest absolute Gasteiger partial charge is 0.320 e. The average Bonchev–Trinajstić information content (AvgIpc) is 2.38. The summed E-state index contributed by atoms with van der Waals surface area (Å²) in [5, 5.41) is 12.2. The molecule has 5 heteroatoms. The maximum Gasteiger partial charge on any atom is 0.320 e. The van der Waals surface area contributed by atoms with Gasteiger partial charge < -0.3 is 10.4 Å². The van der Waals surface area contributed by atoms with Gasteiger partial charge in [-0.15, -0.1) is 0 Å². The highest BCUT2D eigenvalue weighted by Crippen LogP contribution is 2.25. The number of nitrogens with one attached hydrogen (secondary N) is 1. The minimum absolute atomic E-state index is 0.0740. The number of carbonyl (C=O) groups is 1. The molecule has 1 aliphatic rings. The van der Waals surface area contributed by atoms with Gasteiger partial charge in [0.15, 0.2) is 0 Å². The van der Waals surface area contributed by atoms with Crippen LogP contribution in [0.1, 0.15) is 37.3 Å². The van der Waals surface area contributed by atoms with Crippen LogP contribution < -0.4 is 5.32 Å². The molecule has 1 aromatic carbocycles. The zero-order valence-corrected chi connectivity index (χ0v) is 11.5. The number of fused-ring (bicyclic) bond motifs is 1. The maximum atomic E-state index is 13.8. The molecule has 0 bridgehead atoms. The molecule has 2 N–H and O–H groups in total. The number of carboxylic acid groups (broad SMARTS) is 1. The number of hydrogen-bond acceptors (Lipinski definition) is 2. The largest absolute Gasteiger partial charge is 0.480 e. The Morgan fingerprint density at radius 1 is 1.50 bits per heavy atom. The van der Waals surface area contributed by atoms with Crippen molar-refractivity contribution in [3.8, 4) is 0 Å². The first-order valence-corrected chi connectivity index (χ1v) is 6.97. The van der Waals surface area contributed by atoms with Crippen molar-refractivity contribution in [2.45, 2.75) is 51.1 Å². The van der Waals surface area contributed by atoms with Crippen LogP contribution in [0.3, 0.4) is 0 Å². The number of benzene rings is 1. The number of hydrogen-bond donors (Lipinski definition) is 2. The Morgan fingerprint density at radius 2 is 2.25 bits per heavy atom. The molecule has 0 amide bonds. The minimum atomic E-state index is -0.878. The quantitative estimate of drug-likeness (QED) is 0.873. The molecule has 0 radical (unpaired) electrons. The summed E-state index contributed by atoms with van der Waals surface area (Å²) in [5.74, 6) is -1.96. The molecule has 0 unspecified atom stereocenters.